The summed E-state index contributed by atoms with van der Waals surface area (Å²) in [4.78, 5) is 0. The third-order valence-electron chi connectivity index (χ3n) is 7.32. The quantitative estimate of drug-likeness (QED) is 0.198. The van der Waals surface area contributed by atoms with Gasteiger partial charge in [0.15, 0.2) is 0 Å². The van der Waals surface area contributed by atoms with Crippen molar-refractivity contribution in [2.45, 2.75) is 117 Å². The van der Waals surface area contributed by atoms with Crippen LogP contribution in [0.3, 0.4) is 0 Å². The molecule has 0 bridgehead atoms. The third kappa shape index (κ3) is 13.5. The second-order valence-electron chi connectivity index (χ2n) is 8.74. The molecule has 2 aromatic carbocycles. The van der Waals surface area contributed by atoms with Crippen molar-refractivity contribution in [1.82, 2.24) is 0 Å². The molecule has 0 nitrogen and oxygen atoms in total. The molecule has 0 saturated heterocycles. The Morgan fingerprint density at radius 3 is 0.788 bits per heavy atom. The summed E-state index contributed by atoms with van der Waals surface area (Å²) >= 11 is 0. The second-order valence-corrected chi connectivity index (χ2v) is 19.3. The van der Waals surface area contributed by atoms with Gasteiger partial charge in [-0.15, -0.1) is 0 Å². The normalized spacial score (nSPS) is 10.5. The van der Waals surface area contributed by atoms with E-state index in [0.29, 0.717) is 0 Å². The first kappa shape index (κ1) is 37.4. The van der Waals surface area contributed by atoms with Gasteiger partial charge in [0.05, 0.1) is 0 Å². The largest absolute Gasteiger partial charge is 4.00 e. The molecular formula is C30H56MoSi2. The molecule has 3 heteroatoms. The van der Waals surface area contributed by atoms with E-state index in [9.17, 15) is 0 Å². The van der Waals surface area contributed by atoms with Crippen LogP contribution in [0.5, 0.6) is 0 Å². The zero-order valence-corrected chi connectivity index (χ0v) is 27.5. The van der Waals surface area contributed by atoms with Crippen molar-refractivity contribution in [3.63, 3.8) is 0 Å². The minimum absolute atomic E-state index is 0. The molecule has 2 rings (SSSR count). The van der Waals surface area contributed by atoms with Crippen LogP contribution in [0.2, 0.25) is 36.3 Å². The van der Waals surface area contributed by atoms with E-state index < -0.39 is 16.1 Å². The van der Waals surface area contributed by atoms with Gasteiger partial charge in [0, 0.05) is 16.1 Å². The van der Waals surface area contributed by atoms with E-state index >= 15 is 0 Å². The van der Waals surface area contributed by atoms with Crippen molar-refractivity contribution in [1.29, 1.82) is 0 Å². The van der Waals surface area contributed by atoms with E-state index in [-0.39, 0.29) is 21.1 Å². The predicted molar refractivity (Wildman–Crippen MR) is 158 cm³/mol. The Morgan fingerprint density at radius 1 is 0.485 bits per heavy atom. The molecule has 0 amide bonds. The van der Waals surface area contributed by atoms with Crippen molar-refractivity contribution in [3.8, 4) is 0 Å². The summed E-state index contributed by atoms with van der Waals surface area (Å²) in [5, 5.41) is 3.32. The first-order valence-electron chi connectivity index (χ1n) is 13.4. The maximum absolute atomic E-state index is 3.60. The van der Waals surface area contributed by atoms with Gasteiger partial charge < -0.3 is 13.8 Å². The van der Waals surface area contributed by atoms with E-state index in [1.165, 1.54) is 49.1 Å². The molecule has 0 heterocycles. The standard InChI is InChI=1S/2C11H19Si.2C4H9.Mo/c2*1-4-12(5-2,6-3)11-9-7-8-10-11;2*1-3-4-2;/h2*7-10H,4-6H2,1-3H3;2*1,3-4H2,2H3;/q4*-1;+4. The molecular weight excluding hydrogens is 512 g/mol. The third-order valence-corrected chi connectivity index (χ3v) is 18.6. The summed E-state index contributed by atoms with van der Waals surface area (Å²) in [7, 11) is -2.08. The molecule has 0 spiro atoms. The van der Waals surface area contributed by atoms with Crippen molar-refractivity contribution in [3.05, 3.63) is 62.4 Å². The van der Waals surface area contributed by atoms with E-state index in [0.717, 1.165) is 12.8 Å². The van der Waals surface area contributed by atoms with Crippen LogP contribution in [0.4, 0.5) is 0 Å². The van der Waals surface area contributed by atoms with Crippen LogP contribution in [0.25, 0.3) is 0 Å². The van der Waals surface area contributed by atoms with Crippen molar-refractivity contribution in [2.24, 2.45) is 0 Å². The zero-order valence-electron chi connectivity index (χ0n) is 23.5. The number of unbranched alkanes of at least 4 members (excludes halogenated alkanes) is 2. The molecule has 0 fully saturated rings. The van der Waals surface area contributed by atoms with Crippen molar-refractivity contribution >= 4 is 26.5 Å². The van der Waals surface area contributed by atoms with Crippen LogP contribution in [-0.4, -0.2) is 16.1 Å². The smallest absolute Gasteiger partial charge is 0.343 e. The number of hydrogen-bond acceptors (Lipinski definition) is 0. The maximum atomic E-state index is 3.60. The topological polar surface area (TPSA) is 0 Å². The Morgan fingerprint density at radius 2 is 0.667 bits per heavy atom. The molecule has 0 unspecified atom stereocenters. The van der Waals surface area contributed by atoms with Gasteiger partial charge >= 0.3 is 21.1 Å². The van der Waals surface area contributed by atoms with Crippen LogP contribution in [0.1, 0.15) is 81.1 Å². The van der Waals surface area contributed by atoms with Crippen LogP contribution in [0.15, 0.2) is 48.5 Å². The molecule has 0 saturated carbocycles. The molecule has 0 aliphatic carbocycles. The zero-order chi connectivity index (χ0) is 24.9. The van der Waals surface area contributed by atoms with E-state index in [1.54, 1.807) is 10.4 Å². The molecule has 0 radical (unpaired) electrons. The molecule has 0 aromatic heterocycles. The van der Waals surface area contributed by atoms with Gasteiger partial charge in [0.2, 0.25) is 0 Å². The summed E-state index contributed by atoms with van der Waals surface area (Å²) in [5.74, 6) is 0. The molecule has 0 aliphatic rings. The monoisotopic (exact) mass is 570 g/mol. The molecule has 190 valence electrons. The van der Waals surface area contributed by atoms with Gasteiger partial charge in [0.1, 0.15) is 0 Å². The Balaban J connectivity index is -0.000000405. The number of rotatable bonds is 10. The molecule has 0 N–H and O–H groups in total. The summed E-state index contributed by atoms with van der Waals surface area (Å²) in [6.45, 7) is 25.6. The van der Waals surface area contributed by atoms with Crippen LogP contribution in [0, 0.1) is 13.8 Å². The summed E-state index contributed by atoms with van der Waals surface area (Å²) in [6.07, 6.45) is 4.56. The molecule has 33 heavy (non-hydrogen) atoms. The van der Waals surface area contributed by atoms with Crippen molar-refractivity contribution < 1.29 is 21.1 Å². The van der Waals surface area contributed by atoms with E-state index in [1.807, 2.05) is 0 Å². The fourth-order valence-electron chi connectivity index (χ4n) is 4.18. The fraction of sp³-hybridized carbons (Fsp3) is 0.600. The van der Waals surface area contributed by atoms with Crippen molar-refractivity contribution in [2.75, 3.05) is 0 Å². The van der Waals surface area contributed by atoms with Gasteiger partial charge in [0.25, 0.3) is 0 Å². The van der Waals surface area contributed by atoms with Crippen LogP contribution in [-0.2, 0) is 21.1 Å². The van der Waals surface area contributed by atoms with Gasteiger partial charge in [-0.1, -0.05) is 104 Å². The Bertz CT molecular complexity index is 504. The number of hydrogen-bond donors (Lipinski definition) is 0. The molecule has 0 atom stereocenters. The van der Waals surface area contributed by atoms with E-state index in [2.05, 4.69) is 118 Å². The summed E-state index contributed by atoms with van der Waals surface area (Å²) in [5.41, 5.74) is 0. The van der Waals surface area contributed by atoms with Gasteiger partial charge in [-0.05, 0) is 0 Å². The first-order chi connectivity index (χ1) is 15.4. The average Bonchev–Trinajstić information content (AvgIpc) is 3.59. The molecule has 0 aliphatic heterocycles. The maximum Gasteiger partial charge on any atom is 4.00 e. The molecule has 2 aromatic rings. The van der Waals surface area contributed by atoms with Gasteiger partial charge in [-0.3, -0.25) is 0 Å². The van der Waals surface area contributed by atoms with Crippen LogP contribution >= 0.6 is 0 Å². The van der Waals surface area contributed by atoms with E-state index in [4.69, 9.17) is 0 Å². The Labute approximate surface area is 226 Å². The predicted octanol–water partition coefficient (Wildman–Crippen LogP) is 9.48. The average molecular weight is 569 g/mol. The SMILES string of the molecule is CC[Si](CC)(CC)[c-]1cccc1.CC[Si](CC)(CC)[c-]1cccc1.[CH2-]CCC.[CH2-]CCC.[Mo+4]. The van der Waals surface area contributed by atoms with Gasteiger partial charge in [-0.2, -0.15) is 47.5 Å². The summed E-state index contributed by atoms with van der Waals surface area (Å²) in [6, 6.07) is 26.4. The van der Waals surface area contributed by atoms with Gasteiger partial charge in [-0.25, -0.2) is 24.3 Å². The minimum atomic E-state index is -1.04. The summed E-state index contributed by atoms with van der Waals surface area (Å²) < 4.78 is 0. The Kier molecular flexibility index (Phi) is 26.7. The second kappa shape index (κ2) is 23.6. The first-order valence-corrected chi connectivity index (χ1v) is 18.7. The van der Waals surface area contributed by atoms with Crippen LogP contribution < -0.4 is 10.4 Å². The fourth-order valence-corrected chi connectivity index (χ4v) is 11.4. The Hall–Kier alpha value is -0.178. The minimum Gasteiger partial charge on any atom is -0.343 e.